The monoisotopic (exact) mass is 337 g/mol. The highest BCUT2D eigenvalue weighted by Gasteiger charge is 2.36. The third kappa shape index (κ3) is 3.77. The quantitative estimate of drug-likeness (QED) is 0.799. The van der Waals surface area contributed by atoms with Crippen molar-refractivity contribution in [3.63, 3.8) is 0 Å². The van der Waals surface area contributed by atoms with Crippen LogP contribution in [0.5, 0.6) is 0 Å². The van der Waals surface area contributed by atoms with Crippen LogP contribution in [0.3, 0.4) is 0 Å². The molecule has 4 nitrogen and oxygen atoms in total. The van der Waals surface area contributed by atoms with E-state index in [1.54, 1.807) is 18.2 Å². The number of hydrogen-bond donors (Lipinski definition) is 0. The van der Waals surface area contributed by atoms with Gasteiger partial charge in [-0.2, -0.15) is 0 Å². The van der Waals surface area contributed by atoms with Crippen LogP contribution in [0.1, 0.15) is 57.9 Å². The lowest BCUT2D eigenvalue weighted by molar-refractivity contribution is -0.135. The Kier molecular flexibility index (Phi) is 5.84. The van der Waals surface area contributed by atoms with E-state index < -0.39 is 9.84 Å². The van der Waals surface area contributed by atoms with Gasteiger partial charge >= 0.3 is 0 Å². The molecule has 0 saturated carbocycles. The van der Waals surface area contributed by atoms with Gasteiger partial charge in [0.05, 0.1) is 16.6 Å². The van der Waals surface area contributed by atoms with Crippen molar-refractivity contribution >= 4 is 15.7 Å². The molecule has 1 amide bonds. The fourth-order valence-corrected chi connectivity index (χ4v) is 4.76. The van der Waals surface area contributed by atoms with Gasteiger partial charge in [-0.25, -0.2) is 8.42 Å². The first-order chi connectivity index (χ1) is 10.9. The highest BCUT2D eigenvalue weighted by atomic mass is 32.2. The first-order valence-electron chi connectivity index (χ1n) is 8.54. The number of benzene rings is 1. The number of rotatable bonds is 6. The molecule has 1 heterocycles. The Morgan fingerprint density at radius 1 is 1.30 bits per heavy atom. The van der Waals surface area contributed by atoms with Gasteiger partial charge in [0.15, 0.2) is 9.84 Å². The zero-order valence-corrected chi connectivity index (χ0v) is 15.1. The molecule has 0 bridgehead atoms. The van der Waals surface area contributed by atoms with E-state index in [9.17, 15) is 13.2 Å². The molecule has 0 spiro atoms. The van der Waals surface area contributed by atoms with Gasteiger partial charge in [-0.05, 0) is 37.8 Å². The van der Waals surface area contributed by atoms with Crippen molar-refractivity contribution in [1.29, 1.82) is 0 Å². The van der Waals surface area contributed by atoms with Crippen LogP contribution in [0.25, 0.3) is 0 Å². The van der Waals surface area contributed by atoms with E-state index in [0.717, 1.165) is 25.8 Å². The van der Waals surface area contributed by atoms with E-state index in [4.69, 9.17) is 0 Å². The van der Waals surface area contributed by atoms with Gasteiger partial charge in [0.2, 0.25) is 5.91 Å². The van der Waals surface area contributed by atoms with Crippen molar-refractivity contribution in [1.82, 2.24) is 4.90 Å². The number of carbonyl (C=O) groups is 1. The largest absolute Gasteiger partial charge is 0.339 e. The second kappa shape index (κ2) is 7.47. The molecule has 1 aliphatic rings. The predicted molar refractivity (Wildman–Crippen MR) is 92.2 cm³/mol. The Hall–Kier alpha value is -1.36. The molecule has 0 saturated heterocycles. The lowest BCUT2D eigenvalue weighted by atomic mass is 9.93. The number of sulfone groups is 1. The van der Waals surface area contributed by atoms with Gasteiger partial charge in [-0.3, -0.25) is 4.79 Å². The van der Waals surface area contributed by atoms with Crippen molar-refractivity contribution in [2.75, 3.05) is 12.3 Å². The molecular formula is C18H27NO3S. The van der Waals surface area contributed by atoms with Crippen LogP contribution in [0.15, 0.2) is 29.2 Å². The van der Waals surface area contributed by atoms with E-state index in [1.807, 2.05) is 11.0 Å². The van der Waals surface area contributed by atoms with Crippen LogP contribution in [0, 0.1) is 0 Å². The van der Waals surface area contributed by atoms with Gasteiger partial charge in [-0.1, -0.05) is 38.5 Å². The molecule has 1 aliphatic heterocycles. The third-order valence-electron chi connectivity index (χ3n) is 4.76. The van der Waals surface area contributed by atoms with Gasteiger partial charge in [0.25, 0.3) is 0 Å². The zero-order valence-electron chi connectivity index (χ0n) is 14.3. The molecule has 128 valence electrons. The maximum Gasteiger partial charge on any atom is 0.230 e. The smallest absolute Gasteiger partial charge is 0.230 e. The molecule has 0 fully saturated rings. The molecule has 1 aromatic rings. The number of unbranched alkanes of at least 4 members (excludes halogenated alkanes) is 1. The Balaban J connectivity index is 2.34. The van der Waals surface area contributed by atoms with Crippen LogP contribution in [0.2, 0.25) is 0 Å². The molecule has 0 N–H and O–H groups in total. The van der Waals surface area contributed by atoms with Gasteiger partial charge in [0.1, 0.15) is 0 Å². The summed E-state index contributed by atoms with van der Waals surface area (Å²) in [7, 11) is -3.25. The number of nitrogens with zero attached hydrogens (tertiary/aromatic N) is 1. The highest BCUT2D eigenvalue weighted by molar-refractivity contribution is 7.91. The van der Waals surface area contributed by atoms with Crippen molar-refractivity contribution < 1.29 is 13.2 Å². The fraction of sp³-hybridized carbons (Fsp3) is 0.611. The molecule has 2 rings (SSSR count). The molecule has 5 heteroatoms. The summed E-state index contributed by atoms with van der Waals surface area (Å²) >= 11 is 0. The lowest BCUT2D eigenvalue weighted by Crippen LogP contribution is -2.43. The zero-order chi connectivity index (χ0) is 17.0. The molecular weight excluding hydrogens is 310 g/mol. The van der Waals surface area contributed by atoms with Crippen molar-refractivity contribution in [2.45, 2.75) is 63.3 Å². The fourth-order valence-electron chi connectivity index (χ4n) is 3.14. The summed E-state index contributed by atoms with van der Waals surface area (Å²) in [5.41, 5.74) is 0.675. The third-order valence-corrected chi connectivity index (χ3v) is 6.58. The van der Waals surface area contributed by atoms with E-state index >= 15 is 0 Å². The van der Waals surface area contributed by atoms with Crippen LogP contribution < -0.4 is 0 Å². The summed E-state index contributed by atoms with van der Waals surface area (Å²) in [6.45, 7) is 7.01. The summed E-state index contributed by atoms with van der Waals surface area (Å²) in [6.07, 6.45) is 3.30. The Labute approximate surface area is 139 Å². The molecule has 23 heavy (non-hydrogen) atoms. The number of hydrogen-bond acceptors (Lipinski definition) is 3. The van der Waals surface area contributed by atoms with Gasteiger partial charge in [0, 0.05) is 12.6 Å². The van der Waals surface area contributed by atoms with Crippen LogP contribution in [-0.2, 0) is 14.6 Å². The minimum absolute atomic E-state index is 0.0581. The van der Waals surface area contributed by atoms with E-state index in [1.165, 1.54) is 0 Å². The lowest BCUT2D eigenvalue weighted by Gasteiger charge is -2.34. The Morgan fingerprint density at radius 3 is 2.65 bits per heavy atom. The maximum absolute atomic E-state index is 13.1. The standard InChI is InChI=1S/C18H27NO3S/c1-4-6-12-19(14(3)5-2)18(20)16-11-13-23(21,22)17-10-8-7-9-15(16)17/h7-10,14,16H,4-6,11-13H2,1-3H3. The summed E-state index contributed by atoms with van der Waals surface area (Å²) < 4.78 is 24.5. The minimum Gasteiger partial charge on any atom is -0.339 e. The molecule has 2 unspecified atom stereocenters. The summed E-state index contributed by atoms with van der Waals surface area (Å²) in [4.78, 5) is 15.4. The topological polar surface area (TPSA) is 54.5 Å². The molecule has 2 atom stereocenters. The SMILES string of the molecule is CCCCN(C(=O)C1CCS(=O)(=O)c2ccccc21)C(C)CC. The number of fused-ring (bicyclic) bond motifs is 1. The predicted octanol–water partition coefficient (Wildman–Crippen LogP) is 3.37. The van der Waals surface area contributed by atoms with Crippen molar-refractivity contribution in [3.8, 4) is 0 Å². The average Bonchev–Trinajstić information content (AvgIpc) is 2.55. The number of carbonyl (C=O) groups excluding carboxylic acids is 1. The first kappa shape index (κ1) is 18.0. The van der Waals surface area contributed by atoms with Crippen molar-refractivity contribution in [3.05, 3.63) is 29.8 Å². The number of amides is 1. The van der Waals surface area contributed by atoms with Crippen molar-refractivity contribution in [2.24, 2.45) is 0 Å². The van der Waals surface area contributed by atoms with E-state index in [-0.39, 0.29) is 23.6 Å². The molecule has 0 radical (unpaired) electrons. The maximum atomic E-state index is 13.1. The normalized spacial score (nSPS) is 20.6. The molecule has 0 aliphatic carbocycles. The second-order valence-electron chi connectivity index (χ2n) is 6.34. The Morgan fingerprint density at radius 2 is 2.00 bits per heavy atom. The van der Waals surface area contributed by atoms with E-state index in [0.29, 0.717) is 16.9 Å². The molecule has 1 aromatic carbocycles. The van der Waals surface area contributed by atoms with Crippen LogP contribution >= 0.6 is 0 Å². The first-order valence-corrected chi connectivity index (χ1v) is 10.2. The second-order valence-corrected chi connectivity index (χ2v) is 8.42. The average molecular weight is 337 g/mol. The summed E-state index contributed by atoms with van der Waals surface area (Å²) in [6, 6.07) is 7.15. The molecule has 0 aromatic heterocycles. The van der Waals surface area contributed by atoms with E-state index in [2.05, 4.69) is 20.8 Å². The minimum atomic E-state index is -3.25. The van der Waals surface area contributed by atoms with Crippen LogP contribution in [0.4, 0.5) is 0 Å². The highest BCUT2D eigenvalue weighted by Crippen LogP contribution is 2.35. The van der Waals surface area contributed by atoms with Gasteiger partial charge in [-0.15, -0.1) is 0 Å². The summed E-state index contributed by atoms with van der Waals surface area (Å²) in [5, 5.41) is 0. The van der Waals surface area contributed by atoms with Gasteiger partial charge < -0.3 is 4.90 Å². The van der Waals surface area contributed by atoms with Crippen LogP contribution in [-0.4, -0.2) is 37.6 Å². The summed E-state index contributed by atoms with van der Waals surface area (Å²) in [5.74, 6) is -0.196. The Bertz CT molecular complexity index is 654.